The van der Waals surface area contributed by atoms with E-state index in [1.54, 1.807) is 0 Å². The van der Waals surface area contributed by atoms with Gasteiger partial charge in [0.2, 0.25) is 0 Å². The van der Waals surface area contributed by atoms with Crippen LogP contribution in [0.2, 0.25) is 0 Å². The highest BCUT2D eigenvalue weighted by molar-refractivity contribution is 7.07. The van der Waals surface area contributed by atoms with Crippen molar-refractivity contribution in [3.05, 3.63) is 51.7 Å². The lowest BCUT2D eigenvalue weighted by Crippen LogP contribution is -2.42. The second kappa shape index (κ2) is 9.93. The highest BCUT2D eigenvalue weighted by Gasteiger charge is 2.31. The molecule has 0 bridgehead atoms. The molecule has 0 saturated carbocycles. The van der Waals surface area contributed by atoms with Crippen molar-refractivity contribution in [2.24, 2.45) is 5.92 Å². The Morgan fingerprint density at radius 2 is 2.00 bits per heavy atom. The first-order valence-corrected chi connectivity index (χ1v) is 12.3. The van der Waals surface area contributed by atoms with Crippen LogP contribution in [0, 0.1) is 5.92 Å². The minimum absolute atomic E-state index is 0.584. The second-order valence-corrected chi connectivity index (χ2v) is 9.45. The summed E-state index contributed by atoms with van der Waals surface area (Å²) in [6, 6.07) is 9.15. The molecule has 0 N–H and O–H groups in total. The van der Waals surface area contributed by atoms with Gasteiger partial charge in [-0.15, -0.1) is 0 Å². The SMILES string of the molecule is CCCCCN1CC[C@@H](c2ccsc2)[C@H](COc2ccc3c(c2)CCCC3)C1. The summed E-state index contributed by atoms with van der Waals surface area (Å²) in [5.41, 5.74) is 4.58. The zero-order valence-corrected chi connectivity index (χ0v) is 18.2. The zero-order chi connectivity index (χ0) is 19.2. The predicted octanol–water partition coefficient (Wildman–Crippen LogP) is 6.30. The number of fused-ring (bicyclic) bond motifs is 1. The smallest absolute Gasteiger partial charge is 0.119 e. The van der Waals surface area contributed by atoms with Crippen LogP contribution < -0.4 is 4.74 Å². The highest BCUT2D eigenvalue weighted by atomic mass is 32.1. The lowest BCUT2D eigenvalue weighted by molar-refractivity contribution is 0.110. The Hall–Kier alpha value is -1.32. The summed E-state index contributed by atoms with van der Waals surface area (Å²) in [6.07, 6.45) is 10.4. The number of piperidine rings is 1. The number of hydrogen-bond donors (Lipinski definition) is 0. The van der Waals surface area contributed by atoms with Crippen molar-refractivity contribution in [1.82, 2.24) is 4.90 Å². The lowest BCUT2D eigenvalue weighted by atomic mass is 9.82. The van der Waals surface area contributed by atoms with Crippen molar-refractivity contribution in [2.75, 3.05) is 26.2 Å². The zero-order valence-electron chi connectivity index (χ0n) is 17.4. The third kappa shape index (κ3) is 4.99. The molecule has 1 aromatic carbocycles. The topological polar surface area (TPSA) is 12.5 Å². The average molecular weight is 398 g/mol. The number of nitrogens with zero attached hydrogens (tertiary/aromatic N) is 1. The standard InChI is InChI=1S/C25H35NOS/c1-2-3-6-13-26-14-11-25(22-12-15-28-19-22)23(17-26)18-27-24-10-9-20-7-4-5-8-21(20)16-24/h9-10,12,15-16,19,23,25H,2-8,11,13-14,17-18H2,1H3/t23-,25-/m0/s1. The van der Waals surface area contributed by atoms with E-state index in [2.05, 4.69) is 46.8 Å². The van der Waals surface area contributed by atoms with Crippen LogP contribution in [0.4, 0.5) is 0 Å². The molecule has 0 unspecified atom stereocenters. The van der Waals surface area contributed by atoms with Crippen molar-refractivity contribution in [1.29, 1.82) is 0 Å². The summed E-state index contributed by atoms with van der Waals surface area (Å²) in [4.78, 5) is 2.68. The normalized spacial score (nSPS) is 22.8. The Balaban J connectivity index is 1.40. The Morgan fingerprint density at radius 1 is 1.11 bits per heavy atom. The summed E-state index contributed by atoms with van der Waals surface area (Å²) < 4.78 is 6.39. The number of aryl methyl sites for hydroxylation is 2. The monoisotopic (exact) mass is 397 g/mol. The summed E-state index contributed by atoms with van der Waals surface area (Å²) in [5.74, 6) is 2.31. The van der Waals surface area contributed by atoms with Gasteiger partial charge in [0, 0.05) is 12.5 Å². The van der Waals surface area contributed by atoms with E-state index in [1.165, 1.54) is 87.7 Å². The van der Waals surface area contributed by atoms with Gasteiger partial charge in [-0.25, -0.2) is 0 Å². The molecule has 2 heterocycles. The molecule has 0 spiro atoms. The molecule has 2 atom stereocenters. The molecule has 4 rings (SSSR count). The van der Waals surface area contributed by atoms with Gasteiger partial charge < -0.3 is 9.64 Å². The number of thiophene rings is 1. The van der Waals surface area contributed by atoms with Gasteiger partial charge in [-0.1, -0.05) is 25.8 Å². The van der Waals surface area contributed by atoms with Crippen molar-refractivity contribution in [3.63, 3.8) is 0 Å². The Bertz CT molecular complexity index is 726. The maximum atomic E-state index is 6.39. The van der Waals surface area contributed by atoms with Gasteiger partial charge >= 0.3 is 0 Å². The lowest BCUT2D eigenvalue weighted by Gasteiger charge is -2.38. The fraction of sp³-hybridized carbons (Fsp3) is 0.600. The molecule has 1 fully saturated rings. The molecule has 0 radical (unpaired) electrons. The van der Waals surface area contributed by atoms with E-state index in [9.17, 15) is 0 Å². The van der Waals surface area contributed by atoms with E-state index in [4.69, 9.17) is 4.74 Å². The molecule has 28 heavy (non-hydrogen) atoms. The van der Waals surface area contributed by atoms with E-state index >= 15 is 0 Å². The maximum absolute atomic E-state index is 6.39. The molecule has 1 aliphatic carbocycles. The second-order valence-electron chi connectivity index (χ2n) is 8.67. The number of ether oxygens (including phenoxy) is 1. The van der Waals surface area contributed by atoms with Gasteiger partial charge in [-0.05, 0) is 103 Å². The molecular weight excluding hydrogens is 362 g/mol. The number of unbranched alkanes of at least 4 members (excludes halogenated alkanes) is 2. The average Bonchev–Trinajstić information content (AvgIpc) is 3.27. The fourth-order valence-electron chi connectivity index (χ4n) is 4.99. The molecule has 0 amide bonds. The third-order valence-electron chi connectivity index (χ3n) is 6.65. The molecule has 3 heteroatoms. The minimum atomic E-state index is 0.584. The van der Waals surface area contributed by atoms with Gasteiger partial charge in [0.25, 0.3) is 0 Å². The van der Waals surface area contributed by atoms with Crippen LogP contribution >= 0.6 is 11.3 Å². The minimum Gasteiger partial charge on any atom is -0.493 e. The first-order chi connectivity index (χ1) is 13.8. The van der Waals surface area contributed by atoms with Gasteiger partial charge in [-0.2, -0.15) is 11.3 Å². The third-order valence-corrected chi connectivity index (χ3v) is 7.35. The van der Waals surface area contributed by atoms with Gasteiger partial charge in [0.05, 0.1) is 6.61 Å². The van der Waals surface area contributed by atoms with Crippen molar-refractivity contribution in [2.45, 2.75) is 64.2 Å². The van der Waals surface area contributed by atoms with Crippen LogP contribution in [-0.2, 0) is 12.8 Å². The van der Waals surface area contributed by atoms with E-state index in [-0.39, 0.29) is 0 Å². The molecule has 1 aromatic heterocycles. The van der Waals surface area contributed by atoms with E-state index in [1.807, 2.05) is 11.3 Å². The molecule has 1 saturated heterocycles. The van der Waals surface area contributed by atoms with E-state index < -0.39 is 0 Å². The Kier molecular flexibility index (Phi) is 7.09. The fourth-order valence-corrected chi connectivity index (χ4v) is 5.72. The van der Waals surface area contributed by atoms with Crippen LogP contribution in [0.3, 0.4) is 0 Å². The van der Waals surface area contributed by atoms with Crippen LogP contribution in [0.1, 0.15) is 68.1 Å². The van der Waals surface area contributed by atoms with Gasteiger partial charge in [0.15, 0.2) is 0 Å². The molecular formula is C25H35NOS. The number of likely N-dealkylation sites (tertiary alicyclic amines) is 1. The van der Waals surface area contributed by atoms with Crippen molar-refractivity contribution >= 4 is 11.3 Å². The van der Waals surface area contributed by atoms with Crippen molar-refractivity contribution in [3.8, 4) is 5.75 Å². The Morgan fingerprint density at radius 3 is 2.82 bits per heavy atom. The summed E-state index contributed by atoms with van der Waals surface area (Å²) in [6.45, 7) is 6.79. The molecule has 2 nitrogen and oxygen atoms in total. The molecule has 152 valence electrons. The van der Waals surface area contributed by atoms with Gasteiger partial charge in [-0.3, -0.25) is 0 Å². The molecule has 2 aromatic rings. The molecule has 2 aliphatic rings. The van der Waals surface area contributed by atoms with Crippen molar-refractivity contribution < 1.29 is 4.74 Å². The van der Waals surface area contributed by atoms with Crippen LogP contribution in [0.5, 0.6) is 5.75 Å². The molecule has 1 aliphatic heterocycles. The summed E-state index contributed by atoms with van der Waals surface area (Å²) in [7, 11) is 0. The number of rotatable bonds is 8. The first kappa shape index (κ1) is 20.0. The number of benzene rings is 1. The quantitative estimate of drug-likeness (QED) is 0.485. The summed E-state index contributed by atoms with van der Waals surface area (Å²) >= 11 is 1.83. The Labute approximate surface area is 174 Å². The van der Waals surface area contributed by atoms with Crippen LogP contribution in [0.25, 0.3) is 0 Å². The first-order valence-electron chi connectivity index (χ1n) is 11.3. The van der Waals surface area contributed by atoms with E-state index in [0.29, 0.717) is 11.8 Å². The van der Waals surface area contributed by atoms with Crippen LogP contribution in [-0.4, -0.2) is 31.1 Å². The van der Waals surface area contributed by atoms with Gasteiger partial charge in [0.1, 0.15) is 5.75 Å². The maximum Gasteiger partial charge on any atom is 0.119 e. The highest BCUT2D eigenvalue weighted by Crippen LogP contribution is 2.35. The van der Waals surface area contributed by atoms with Crippen LogP contribution in [0.15, 0.2) is 35.0 Å². The predicted molar refractivity (Wildman–Crippen MR) is 120 cm³/mol. The largest absolute Gasteiger partial charge is 0.493 e. The van der Waals surface area contributed by atoms with E-state index in [0.717, 1.165) is 12.4 Å². The number of hydrogen-bond acceptors (Lipinski definition) is 3. The summed E-state index contributed by atoms with van der Waals surface area (Å²) in [5, 5.41) is 4.58.